The number of carbonyl (C=O) groups excluding carboxylic acids is 1. The Bertz CT molecular complexity index is 564. The van der Waals surface area contributed by atoms with E-state index in [4.69, 9.17) is 0 Å². The zero-order valence-corrected chi connectivity index (χ0v) is 15.1. The molecule has 0 amide bonds. The summed E-state index contributed by atoms with van der Waals surface area (Å²) in [5.41, 5.74) is 3.64. The third kappa shape index (κ3) is 3.21. The van der Waals surface area contributed by atoms with Crippen LogP contribution in [0, 0.1) is 0 Å². The third-order valence-electron chi connectivity index (χ3n) is 4.68. The average molecular weight is 397 g/mol. The van der Waals surface area contributed by atoms with Crippen molar-refractivity contribution in [1.82, 2.24) is 0 Å². The van der Waals surface area contributed by atoms with E-state index in [-0.39, 0.29) is 19.5 Å². The van der Waals surface area contributed by atoms with Gasteiger partial charge in [0.15, 0.2) is 0 Å². The smallest absolute Gasteiger partial charge is 0.116 e. The number of rotatable bonds is 3. The van der Waals surface area contributed by atoms with Crippen molar-refractivity contribution in [1.29, 1.82) is 0 Å². The van der Waals surface area contributed by atoms with Gasteiger partial charge in [0, 0.05) is 36.5 Å². The van der Waals surface area contributed by atoms with Crippen molar-refractivity contribution in [2.75, 3.05) is 0 Å². The maximum Gasteiger partial charge on any atom is 0.116 e. The van der Waals surface area contributed by atoms with E-state index in [1.807, 2.05) is 0 Å². The predicted octanol–water partition coefficient (Wildman–Crippen LogP) is 4.72. The Labute approximate surface area is 146 Å². The van der Waals surface area contributed by atoms with Crippen LogP contribution in [0.5, 0.6) is 0 Å². The molecule has 3 heteroatoms. The Kier molecular flexibility index (Phi) is 6.40. The van der Waals surface area contributed by atoms with Crippen LogP contribution in [0.2, 0.25) is 0 Å². The molecule has 0 aliphatic heterocycles. The minimum atomic E-state index is -1.92. The first-order valence-corrected chi connectivity index (χ1v) is 9.65. The molecular weight excluding hydrogens is 376 g/mol. The van der Waals surface area contributed by atoms with Gasteiger partial charge in [-0.1, -0.05) is 72.9 Å². The van der Waals surface area contributed by atoms with Gasteiger partial charge in [0.2, 0.25) is 0 Å². The first-order chi connectivity index (χ1) is 10.4. The summed E-state index contributed by atoms with van der Waals surface area (Å²) in [5, 5.41) is 0. The van der Waals surface area contributed by atoms with Crippen LogP contribution in [0.15, 0.2) is 72.9 Å². The normalized spacial score (nSPS) is 31.4. The second-order valence-electron chi connectivity index (χ2n) is 5.77. The van der Waals surface area contributed by atoms with Crippen molar-refractivity contribution in [2.45, 2.75) is 36.2 Å². The van der Waals surface area contributed by atoms with Crippen molar-refractivity contribution in [3.05, 3.63) is 72.9 Å². The molecule has 3 aliphatic rings. The second kappa shape index (κ2) is 8.07. The van der Waals surface area contributed by atoms with Crippen LogP contribution in [0.1, 0.15) is 19.3 Å². The summed E-state index contributed by atoms with van der Waals surface area (Å²) in [7, 11) is 0. The molecule has 3 aliphatic carbocycles. The molecule has 3 rings (SSSR count). The zero-order valence-electron chi connectivity index (χ0n) is 12.5. The molecule has 0 N–H and O–H groups in total. The Morgan fingerprint density at radius 3 is 1.27 bits per heavy atom. The van der Waals surface area contributed by atoms with Crippen molar-refractivity contribution >= 4 is 12.5 Å². The van der Waals surface area contributed by atoms with E-state index >= 15 is 0 Å². The summed E-state index contributed by atoms with van der Waals surface area (Å²) in [4.78, 5) is 12.3. The molecule has 0 fully saturated rings. The molecule has 0 radical (unpaired) electrons. The van der Waals surface area contributed by atoms with Gasteiger partial charge >= 0.3 is 0 Å². The van der Waals surface area contributed by atoms with Gasteiger partial charge in [0.1, 0.15) is 5.66 Å². The SMILES string of the molecule is O=C=P(C1C=CC=CC1)(C1C=CC=CC1)C1C=CC=CC1.[Ru]. The van der Waals surface area contributed by atoms with Gasteiger partial charge in [-0.2, -0.15) is 0 Å². The maximum absolute atomic E-state index is 12.3. The largest absolute Gasteiger partial charge is 0.234 e. The summed E-state index contributed by atoms with van der Waals surface area (Å²) in [6, 6.07) is 0. The quantitative estimate of drug-likeness (QED) is 0.497. The Hall–Kier alpha value is -0.927. The van der Waals surface area contributed by atoms with E-state index in [2.05, 4.69) is 78.6 Å². The molecule has 0 aromatic rings. The Morgan fingerprint density at radius 1 is 0.682 bits per heavy atom. The summed E-state index contributed by atoms with van der Waals surface area (Å²) in [6.45, 7) is -1.92. The fourth-order valence-electron chi connectivity index (χ4n) is 3.59. The van der Waals surface area contributed by atoms with Gasteiger partial charge in [-0.05, 0) is 26.1 Å². The van der Waals surface area contributed by atoms with E-state index in [1.54, 1.807) is 0 Å². The van der Waals surface area contributed by atoms with Gasteiger partial charge in [-0.15, -0.1) is 0 Å². The second-order valence-corrected chi connectivity index (χ2v) is 9.62. The van der Waals surface area contributed by atoms with Crippen LogP contribution in [-0.4, -0.2) is 22.6 Å². The summed E-state index contributed by atoms with van der Waals surface area (Å²) >= 11 is 0. The minimum absolute atomic E-state index is 0. The van der Waals surface area contributed by atoms with Gasteiger partial charge in [0.05, 0.1) is 0 Å². The van der Waals surface area contributed by atoms with Crippen LogP contribution in [0.4, 0.5) is 0 Å². The molecule has 0 aromatic carbocycles. The maximum atomic E-state index is 12.3. The van der Waals surface area contributed by atoms with Crippen LogP contribution in [-0.2, 0) is 24.3 Å². The standard InChI is InChI=1S/C19H21OP.Ru/c20-16-21(17-10-4-1-5-11-17,18-12-6-2-7-13-18)19-14-8-3-9-15-19;/h1-10,12,14,17-19H,11,13,15H2;. The number of hydrogen-bond acceptors (Lipinski definition) is 1. The van der Waals surface area contributed by atoms with Crippen molar-refractivity contribution < 1.29 is 24.3 Å². The molecule has 22 heavy (non-hydrogen) atoms. The minimum Gasteiger partial charge on any atom is -0.234 e. The van der Waals surface area contributed by atoms with E-state index in [1.165, 1.54) is 0 Å². The fourth-order valence-corrected chi connectivity index (χ4v) is 8.04. The van der Waals surface area contributed by atoms with Gasteiger partial charge < -0.3 is 0 Å². The molecule has 1 nitrogen and oxygen atoms in total. The molecule has 0 aromatic heterocycles. The third-order valence-corrected chi connectivity index (χ3v) is 9.44. The molecule has 0 bridgehead atoms. The van der Waals surface area contributed by atoms with Crippen LogP contribution in [0.3, 0.4) is 0 Å². The Balaban J connectivity index is 0.00000176. The molecule has 3 unspecified atom stereocenters. The first kappa shape index (κ1) is 17.4. The zero-order chi connectivity index (χ0) is 14.5. The van der Waals surface area contributed by atoms with E-state index < -0.39 is 6.89 Å². The van der Waals surface area contributed by atoms with Gasteiger partial charge in [0.25, 0.3) is 0 Å². The molecule has 116 valence electrons. The molecular formula is C19H21OPRu. The molecule has 0 heterocycles. The van der Waals surface area contributed by atoms with Crippen molar-refractivity contribution in [2.24, 2.45) is 0 Å². The molecule has 0 spiro atoms. The molecule has 3 atom stereocenters. The molecule has 0 saturated heterocycles. The Morgan fingerprint density at radius 2 is 1.05 bits per heavy atom. The van der Waals surface area contributed by atoms with Gasteiger partial charge in [-0.3, -0.25) is 0 Å². The summed E-state index contributed by atoms with van der Waals surface area (Å²) in [5.74, 6) is 0. The topological polar surface area (TPSA) is 17.1 Å². The molecule has 0 saturated carbocycles. The number of allylic oxidation sites excluding steroid dienone is 12. The predicted molar refractivity (Wildman–Crippen MR) is 92.7 cm³/mol. The monoisotopic (exact) mass is 398 g/mol. The van der Waals surface area contributed by atoms with Crippen molar-refractivity contribution in [3.8, 4) is 0 Å². The average Bonchev–Trinajstić information content (AvgIpc) is 2.59. The number of hydrogen-bond donors (Lipinski definition) is 0. The summed E-state index contributed by atoms with van der Waals surface area (Å²) < 4.78 is 0. The summed E-state index contributed by atoms with van der Waals surface area (Å²) in [6.07, 6.45) is 28.8. The van der Waals surface area contributed by atoms with Crippen LogP contribution >= 0.6 is 6.89 Å². The fraction of sp³-hybridized carbons (Fsp3) is 0.316. The van der Waals surface area contributed by atoms with Crippen LogP contribution in [0.25, 0.3) is 0 Å². The first-order valence-electron chi connectivity index (χ1n) is 7.65. The van der Waals surface area contributed by atoms with E-state index in [0.29, 0.717) is 17.0 Å². The van der Waals surface area contributed by atoms with Crippen LogP contribution < -0.4 is 0 Å². The van der Waals surface area contributed by atoms with Gasteiger partial charge in [-0.25, -0.2) is 4.79 Å². The van der Waals surface area contributed by atoms with E-state index in [0.717, 1.165) is 19.3 Å². The van der Waals surface area contributed by atoms with Crippen molar-refractivity contribution in [3.63, 3.8) is 0 Å². The van der Waals surface area contributed by atoms with E-state index in [9.17, 15) is 4.79 Å².